The lowest BCUT2D eigenvalue weighted by molar-refractivity contribution is 1.34. The molecule has 4 heteroatoms. The summed E-state index contributed by atoms with van der Waals surface area (Å²) in [7, 11) is 0. The molecular formula is C13H10ClN3. The highest BCUT2D eigenvalue weighted by molar-refractivity contribution is 6.30. The quantitative estimate of drug-likeness (QED) is 0.643. The van der Waals surface area contributed by atoms with Gasteiger partial charge in [-0.1, -0.05) is 29.8 Å². The summed E-state index contributed by atoms with van der Waals surface area (Å²) < 4.78 is 0. The van der Waals surface area contributed by atoms with Crippen molar-refractivity contribution in [2.75, 3.05) is 5.73 Å². The lowest BCUT2D eigenvalue weighted by Crippen LogP contribution is -1.85. The molecule has 84 valence electrons. The van der Waals surface area contributed by atoms with E-state index < -0.39 is 0 Å². The van der Waals surface area contributed by atoms with Crippen molar-refractivity contribution in [3.8, 4) is 11.4 Å². The number of nitrogens with one attached hydrogen (secondary N) is 1. The highest BCUT2D eigenvalue weighted by Gasteiger charge is 2.07. The molecule has 0 radical (unpaired) electrons. The van der Waals surface area contributed by atoms with Gasteiger partial charge in [0.05, 0.1) is 11.2 Å². The van der Waals surface area contributed by atoms with Crippen LogP contribution >= 0.6 is 11.6 Å². The van der Waals surface area contributed by atoms with Crippen LogP contribution in [0.15, 0.2) is 42.5 Å². The number of benzene rings is 2. The maximum absolute atomic E-state index is 5.96. The van der Waals surface area contributed by atoms with E-state index in [1.807, 2.05) is 42.5 Å². The third kappa shape index (κ3) is 1.74. The van der Waals surface area contributed by atoms with Crippen molar-refractivity contribution in [3.63, 3.8) is 0 Å². The number of hydrogen-bond donors (Lipinski definition) is 2. The summed E-state index contributed by atoms with van der Waals surface area (Å²) in [5.74, 6) is 0.778. The van der Waals surface area contributed by atoms with Crippen LogP contribution in [0.3, 0.4) is 0 Å². The van der Waals surface area contributed by atoms with E-state index in [1.165, 1.54) is 0 Å². The second-order valence-corrected chi connectivity index (χ2v) is 4.28. The molecule has 0 unspecified atom stereocenters. The normalized spacial score (nSPS) is 10.9. The van der Waals surface area contributed by atoms with Crippen molar-refractivity contribution in [3.05, 3.63) is 47.5 Å². The zero-order valence-corrected chi connectivity index (χ0v) is 9.70. The molecule has 0 bridgehead atoms. The second-order valence-electron chi connectivity index (χ2n) is 3.84. The van der Waals surface area contributed by atoms with Gasteiger partial charge in [0.15, 0.2) is 0 Å². The Balaban J connectivity index is 2.22. The van der Waals surface area contributed by atoms with Crippen LogP contribution in [0.4, 0.5) is 5.69 Å². The Hall–Kier alpha value is -2.00. The number of para-hydroxylation sites is 1. The van der Waals surface area contributed by atoms with Gasteiger partial charge in [-0.15, -0.1) is 0 Å². The van der Waals surface area contributed by atoms with Crippen molar-refractivity contribution in [1.29, 1.82) is 0 Å². The third-order valence-electron chi connectivity index (χ3n) is 2.64. The van der Waals surface area contributed by atoms with E-state index in [1.54, 1.807) is 0 Å². The summed E-state index contributed by atoms with van der Waals surface area (Å²) in [5, 5.41) is 0.691. The predicted octanol–water partition coefficient (Wildman–Crippen LogP) is 3.47. The summed E-state index contributed by atoms with van der Waals surface area (Å²) in [4.78, 5) is 7.71. The second kappa shape index (κ2) is 3.79. The molecule has 2 aromatic carbocycles. The van der Waals surface area contributed by atoms with Crippen molar-refractivity contribution in [1.82, 2.24) is 9.97 Å². The van der Waals surface area contributed by atoms with E-state index in [-0.39, 0.29) is 0 Å². The van der Waals surface area contributed by atoms with Gasteiger partial charge in [0, 0.05) is 10.6 Å². The molecule has 0 spiro atoms. The van der Waals surface area contributed by atoms with E-state index in [0.717, 1.165) is 22.4 Å². The Morgan fingerprint density at radius 3 is 2.71 bits per heavy atom. The fourth-order valence-electron chi connectivity index (χ4n) is 1.83. The molecule has 0 fully saturated rings. The van der Waals surface area contributed by atoms with Crippen LogP contribution in [0, 0.1) is 0 Å². The van der Waals surface area contributed by atoms with E-state index in [4.69, 9.17) is 17.3 Å². The molecule has 17 heavy (non-hydrogen) atoms. The molecule has 0 aliphatic rings. The fourth-order valence-corrected chi connectivity index (χ4v) is 2.02. The first-order valence-electron chi connectivity index (χ1n) is 5.24. The van der Waals surface area contributed by atoms with Crippen LogP contribution in [0.1, 0.15) is 0 Å². The fraction of sp³-hybridized carbons (Fsp3) is 0. The maximum atomic E-state index is 5.96. The lowest BCUT2D eigenvalue weighted by atomic mass is 10.2. The van der Waals surface area contributed by atoms with Crippen molar-refractivity contribution >= 4 is 28.3 Å². The standard InChI is InChI=1S/C13H10ClN3/c14-9-4-1-3-8(7-9)13-16-11-6-2-5-10(15)12(11)17-13/h1-7H,15H2,(H,16,17). The minimum Gasteiger partial charge on any atom is -0.397 e. The van der Waals surface area contributed by atoms with Gasteiger partial charge in [-0.2, -0.15) is 0 Å². The largest absolute Gasteiger partial charge is 0.397 e. The Morgan fingerprint density at radius 2 is 1.94 bits per heavy atom. The molecule has 3 N–H and O–H groups in total. The van der Waals surface area contributed by atoms with Gasteiger partial charge >= 0.3 is 0 Å². The molecule has 0 saturated heterocycles. The average Bonchev–Trinajstić information content (AvgIpc) is 2.74. The first-order valence-corrected chi connectivity index (χ1v) is 5.62. The third-order valence-corrected chi connectivity index (χ3v) is 2.88. The van der Waals surface area contributed by atoms with E-state index in [2.05, 4.69) is 9.97 Å². The number of H-pyrrole nitrogens is 1. The van der Waals surface area contributed by atoms with Gasteiger partial charge in [0.1, 0.15) is 11.3 Å². The molecule has 0 amide bonds. The summed E-state index contributed by atoms with van der Waals surface area (Å²) in [6.07, 6.45) is 0. The predicted molar refractivity (Wildman–Crippen MR) is 71.0 cm³/mol. The minimum atomic E-state index is 0.673. The highest BCUT2D eigenvalue weighted by atomic mass is 35.5. The Morgan fingerprint density at radius 1 is 1.12 bits per heavy atom. The van der Waals surface area contributed by atoms with Crippen LogP contribution in [0.2, 0.25) is 5.02 Å². The summed E-state index contributed by atoms with van der Waals surface area (Å²) in [6.45, 7) is 0. The number of fused-ring (bicyclic) bond motifs is 1. The molecule has 3 rings (SSSR count). The number of hydrogen-bond acceptors (Lipinski definition) is 2. The summed E-state index contributed by atoms with van der Waals surface area (Å²) in [6, 6.07) is 13.3. The molecule has 0 atom stereocenters. The van der Waals surface area contributed by atoms with Crippen LogP contribution in [0.5, 0.6) is 0 Å². The van der Waals surface area contributed by atoms with E-state index in [9.17, 15) is 0 Å². The van der Waals surface area contributed by atoms with Crippen LogP contribution in [-0.2, 0) is 0 Å². The number of imidazole rings is 1. The summed E-state index contributed by atoms with van der Waals surface area (Å²) >= 11 is 5.96. The van der Waals surface area contributed by atoms with Crippen molar-refractivity contribution in [2.45, 2.75) is 0 Å². The average molecular weight is 244 g/mol. The van der Waals surface area contributed by atoms with Crippen LogP contribution < -0.4 is 5.73 Å². The highest BCUT2D eigenvalue weighted by Crippen LogP contribution is 2.25. The van der Waals surface area contributed by atoms with Gasteiger partial charge in [0.25, 0.3) is 0 Å². The number of nitrogens with zero attached hydrogens (tertiary/aromatic N) is 1. The van der Waals surface area contributed by atoms with Crippen molar-refractivity contribution < 1.29 is 0 Å². The molecule has 0 aliphatic heterocycles. The minimum absolute atomic E-state index is 0.673. The zero-order chi connectivity index (χ0) is 11.8. The zero-order valence-electron chi connectivity index (χ0n) is 8.94. The van der Waals surface area contributed by atoms with Gasteiger partial charge < -0.3 is 10.7 Å². The molecule has 3 aromatic rings. The van der Waals surface area contributed by atoms with Crippen molar-refractivity contribution in [2.24, 2.45) is 0 Å². The van der Waals surface area contributed by atoms with Gasteiger partial charge in [0.2, 0.25) is 0 Å². The smallest absolute Gasteiger partial charge is 0.138 e. The van der Waals surface area contributed by atoms with Gasteiger partial charge in [-0.3, -0.25) is 0 Å². The van der Waals surface area contributed by atoms with Crippen LogP contribution in [0.25, 0.3) is 22.4 Å². The Kier molecular flexibility index (Phi) is 2.27. The monoisotopic (exact) mass is 243 g/mol. The maximum Gasteiger partial charge on any atom is 0.138 e. The van der Waals surface area contributed by atoms with Crippen LogP contribution in [-0.4, -0.2) is 9.97 Å². The number of aromatic amines is 1. The van der Waals surface area contributed by atoms with Gasteiger partial charge in [-0.05, 0) is 24.3 Å². The molecule has 0 saturated carbocycles. The Labute approximate surface area is 103 Å². The number of nitrogens with two attached hydrogens (primary N) is 1. The lowest BCUT2D eigenvalue weighted by Gasteiger charge is -1.96. The SMILES string of the molecule is Nc1cccc2[nH]c(-c3cccc(Cl)c3)nc12. The molecular weight excluding hydrogens is 234 g/mol. The number of anilines is 1. The molecule has 3 nitrogen and oxygen atoms in total. The summed E-state index contributed by atoms with van der Waals surface area (Å²) in [5.41, 5.74) is 9.22. The number of rotatable bonds is 1. The molecule has 1 heterocycles. The number of halogens is 1. The number of nitrogen functional groups attached to an aromatic ring is 1. The topological polar surface area (TPSA) is 54.7 Å². The molecule has 1 aromatic heterocycles. The van der Waals surface area contributed by atoms with Gasteiger partial charge in [-0.25, -0.2) is 4.98 Å². The first kappa shape index (κ1) is 10.2. The molecule has 0 aliphatic carbocycles. The Bertz CT molecular complexity index is 688. The van der Waals surface area contributed by atoms with E-state index >= 15 is 0 Å². The van der Waals surface area contributed by atoms with E-state index in [0.29, 0.717) is 10.7 Å². The number of aromatic nitrogens is 2. The first-order chi connectivity index (χ1) is 8.24.